The molecule has 3 atom stereocenters. The smallest absolute Gasteiger partial charge is 0.342 e. The van der Waals surface area contributed by atoms with E-state index in [1.165, 1.54) is 24.3 Å². The molecule has 1 aromatic heterocycles. The zero-order valence-corrected chi connectivity index (χ0v) is 22.9. The molecule has 2 aromatic carbocycles. The van der Waals surface area contributed by atoms with Crippen LogP contribution in [0.25, 0.3) is 10.9 Å². The topological polar surface area (TPSA) is 141 Å². The number of aliphatic hydroxyl groups is 1. The molecule has 10 nitrogen and oxygen atoms in total. The maximum Gasteiger partial charge on any atom is 0.342 e. The zero-order valence-electron chi connectivity index (χ0n) is 22.2. The van der Waals surface area contributed by atoms with Gasteiger partial charge in [-0.05, 0) is 85.7 Å². The standard InChI is InChI=1S/C30H26ClFN2O8/c31-18-5-8-20(9-6-18)34-26(37)30(28-40-24(35)14-29(39,27(38)41-28)15-25(36)42-30)17-3-1-16(2-4-17)21-11-12-33-23-10-7-19(32)13-22(21)23/h5-13,16-17,28,39H,1-4,14-15H2,(H,34,37). The third kappa shape index (κ3) is 4.96. The maximum atomic E-state index is 14.1. The van der Waals surface area contributed by atoms with Crippen LogP contribution in [-0.2, 0) is 33.4 Å². The van der Waals surface area contributed by atoms with Crippen molar-refractivity contribution in [3.8, 4) is 0 Å². The molecule has 1 amide bonds. The van der Waals surface area contributed by atoms with Crippen LogP contribution in [0.5, 0.6) is 0 Å². The van der Waals surface area contributed by atoms with Gasteiger partial charge in [-0.3, -0.25) is 19.4 Å². The first-order valence-electron chi connectivity index (χ1n) is 13.5. The minimum absolute atomic E-state index is 0.0430. The second kappa shape index (κ2) is 10.6. The van der Waals surface area contributed by atoms with Gasteiger partial charge in [-0.1, -0.05) is 11.6 Å². The number of carbonyl (C=O) groups excluding carboxylic acids is 4. The van der Waals surface area contributed by atoms with Gasteiger partial charge in [-0.15, -0.1) is 0 Å². The van der Waals surface area contributed by atoms with Crippen LogP contribution < -0.4 is 5.32 Å². The number of aromatic nitrogens is 1. The first-order valence-corrected chi connectivity index (χ1v) is 13.9. The highest BCUT2D eigenvalue weighted by Gasteiger charge is 2.64. The van der Waals surface area contributed by atoms with Crippen molar-refractivity contribution in [3.63, 3.8) is 0 Å². The van der Waals surface area contributed by atoms with E-state index in [4.69, 9.17) is 25.8 Å². The molecular formula is C30H26ClFN2O8. The highest BCUT2D eigenvalue weighted by atomic mass is 35.5. The molecular weight excluding hydrogens is 571 g/mol. The lowest BCUT2D eigenvalue weighted by Crippen LogP contribution is -2.64. The number of hydrogen-bond acceptors (Lipinski definition) is 9. The van der Waals surface area contributed by atoms with E-state index in [1.807, 2.05) is 6.07 Å². The number of amides is 1. The Morgan fingerprint density at radius 3 is 2.43 bits per heavy atom. The maximum absolute atomic E-state index is 14.1. The molecule has 2 saturated heterocycles. The fourth-order valence-electron chi connectivity index (χ4n) is 6.23. The van der Waals surface area contributed by atoms with Gasteiger partial charge >= 0.3 is 17.9 Å². The van der Waals surface area contributed by atoms with Crippen molar-refractivity contribution < 1.29 is 42.9 Å². The SMILES string of the molecule is O=C1CC2(O)CC(=O)OC(C(=O)Nc3ccc(Cl)cc3)(C3CCC(c4ccnc5ccc(F)cc45)CC3)C(O1)OC2=O. The van der Waals surface area contributed by atoms with Crippen LogP contribution in [0.4, 0.5) is 10.1 Å². The van der Waals surface area contributed by atoms with Crippen molar-refractivity contribution in [3.05, 3.63) is 71.1 Å². The molecule has 1 aliphatic carbocycles. The number of rotatable bonds is 4. The quantitative estimate of drug-likeness (QED) is 0.424. The molecule has 42 heavy (non-hydrogen) atoms. The average Bonchev–Trinajstić information content (AvgIpc) is 3.04. The molecule has 3 heterocycles. The minimum atomic E-state index is -2.48. The van der Waals surface area contributed by atoms with Gasteiger partial charge < -0.3 is 24.6 Å². The van der Waals surface area contributed by atoms with Gasteiger partial charge in [-0.2, -0.15) is 0 Å². The van der Waals surface area contributed by atoms with E-state index in [0.29, 0.717) is 47.3 Å². The molecule has 2 N–H and O–H groups in total. The summed E-state index contributed by atoms with van der Waals surface area (Å²) in [6, 6.07) is 12.4. The molecule has 6 rings (SSSR count). The molecule has 3 aliphatic rings. The van der Waals surface area contributed by atoms with Gasteiger partial charge in [-0.25, -0.2) is 9.18 Å². The summed E-state index contributed by atoms with van der Waals surface area (Å²) in [5.74, 6) is -5.38. The number of nitrogens with zero attached hydrogens (tertiary/aromatic N) is 1. The summed E-state index contributed by atoms with van der Waals surface area (Å²) < 4.78 is 30.8. The summed E-state index contributed by atoms with van der Waals surface area (Å²) in [5, 5.41) is 14.5. The molecule has 0 radical (unpaired) electrons. The van der Waals surface area contributed by atoms with E-state index in [-0.39, 0.29) is 11.7 Å². The molecule has 12 heteroatoms. The van der Waals surface area contributed by atoms with E-state index in [0.717, 1.165) is 5.56 Å². The van der Waals surface area contributed by atoms with Gasteiger partial charge in [0.1, 0.15) is 5.82 Å². The number of esters is 3. The van der Waals surface area contributed by atoms with Crippen molar-refractivity contribution in [2.24, 2.45) is 5.92 Å². The Kier molecular flexibility index (Phi) is 7.10. The fraction of sp³-hybridized carbons (Fsp3) is 0.367. The first-order chi connectivity index (χ1) is 20.1. The number of fused-ring (bicyclic) bond motifs is 4. The lowest BCUT2D eigenvalue weighted by molar-refractivity contribution is -0.253. The van der Waals surface area contributed by atoms with Crippen LogP contribution >= 0.6 is 11.6 Å². The largest absolute Gasteiger partial charge is 0.440 e. The van der Waals surface area contributed by atoms with E-state index in [2.05, 4.69) is 10.3 Å². The molecule has 3 fully saturated rings. The van der Waals surface area contributed by atoms with Gasteiger partial charge in [0, 0.05) is 28.2 Å². The second-order valence-corrected chi connectivity index (χ2v) is 11.4. The first kappa shape index (κ1) is 28.0. The van der Waals surface area contributed by atoms with Crippen molar-refractivity contribution in [2.75, 3.05) is 5.32 Å². The number of benzene rings is 2. The average molecular weight is 597 g/mol. The van der Waals surface area contributed by atoms with Gasteiger partial charge in [0.05, 0.1) is 18.4 Å². The second-order valence-electron chi connectivity index (χ2n) is 11.0. The van der Waals surface area contributed by atoms with E-state index in [1.54, 1.807) is 24.4 Å². The summed E-state index contributed by atoms with van der Waals surface area (Å²) >= 11 is 5.98. The van der Waals surface area contributed by atoms with Crippen LogP contribution in [-0.4, -0.2) is 51.4 Å². The van der Waals surface area contributed by atoms with Crippen LogP contribution in [0.1, 0.15) is 50.0 Å². The van der Waals surface area contributed by atoms with Crippen molar-refractivity contribution in [2.45, 2.75) is 61.9 Å². The van der Waals surface area contributed by atoms with E-state index >= 15 is 0 Å². The van der Waals surface area contributed by atoms with Crippen LogP contribution in [0.2, 0.25) is 5.02 Å². The number of halogens is 2. The summed E-state index contributed by atoms with van der Waals surface area (Å²) in [6.07, 6.45) is -0.440. The van der Waals surface area contributed by atoms with Gasteiger partial charge in [0.2, 0.25) is 0 Å². The van der Waals surface area contributed by atoms with Crippen molar-refractivity contribution in [1.82, 2.24) is 4.98 Å². The fourth-order valence-corrected chi connectivity index (χ4v) is 6.36. The summed E-state index contributed by atoms with van der Waals surface area (Å²) in [6.45, 7) is 0. The highest BCUT2D eigenvalue weighted by molar-refractivity contribution is 6.30. The number of nitrogens with one attached hydrogen (secondary N) is 1. The molecule has 218 valence electrons. The lowest BCUT2D eigenvalue weighted by atomic mass is 9.70. The number of hydrogen-bond donors (Lipinski definition) is 2. The summed E-state index contributed by atoms with van der Waals surface area (Å²) in [4.78, 5) is 57.3. The highest BCUT2D eigenvalue weighted by Crippen LogP contribution is 2.47. The Morgan fingerprint density at radius 1 is 0.976 bits per heavy atom. The predicted octanol–water partition coefficient (Wildman–Crippen LogP) is 4.17. The van der Waals surface area contributed by atoms with E-state index < -0.39 is 60.1 Å². The number of carbonyl (C=O) groups is 4. The number of cyclic esters (lactones) is 1. The predicted molar refractivity (Wildman–Crippen MR) is 145 cm³/mol. The van der Waals surface area contributed by atoms with Crippen LogP contribution in [0.3, 0.4) is 0 Å². The number of ether oxygens (including phenoxy) is 3. The Hall–Kier alpha value is -4.09. The third-order valence-corrected chi connectivity index (χ3v) is 8.56. The molecule has 2 bridgehead atoms. The third-order valence-electron chi connectivity index (χ3n) is 8.31. The van der Waals surface area contributed by atoms with Crippen LogP contribution in [0.15, 0.2) is 54.7 Å². The Bertz CT molecular complexity index is 1590. The van der Waals surface area contributed by atoms with E-state index in [9.17, 15) is 28.7 Å². The molecule has 1 saturated carbocycles. The zero-order chi connectivity index (χ0) is 29.6. The number of pyridine rings is 1. The van der Waals surface area contributed by atoms with Gasteiger partial charge in [0.25, 0.3) is 17.8 Å². The Labute approximate surface area is 244 Å². The van der Waals surface area contributed by atoms with Crippen molar-refractivity contribution in [1.29, 1.82) is 0 Å². The number of anilines is 1. The molecule has 3 aromatic rings. The molecule has 0 spiro atoms. The van der Waals surface area contributed by atoms with Gasteiger partial charge in [0.15, 0.2) is 5.60 Å². The lowest BCUT2D eigenvalue weighted by Gasteiger charge is -2.45. The Morgan fingerprint density at radius 2 is 1.69 bits per heavy atom. The summed E-state index contributed by atoms with van der Waals surface area (Å²) in [5.41, 5.74) is -2.89. The molecule has 2 aliphatic heterocycles. The van der Waals surface area contributed by atoms with Crippen molar-refractivity contribution >= 4 is 52.0 Å². The molecule has 3 unspecified atom stereocenters. The summed E-state index contributed by atoms with van der Waals surface area (Å²) in [7, 11) is 0. The normalized spacial score (nSPS) is 29.5. The monoisotopic (exact) mass is 596 g/mol. The Balaban J connectivity index is 1.37. The van der Waals surface area contributed by atoms with Crippen LogP contribution in [0, 0.1) is 11.7 Å². The minimum Gasteiger partial charge on any atom is -0.440 e.